The Morgan fingerprint density at radius 3 is 2.14 bits per heavy atom. The van der Waals surface area contributed by atoms with E-state index in [1.807, 2.05) is 4.98 Å². The monoisotopic (exact) mass is 316 g/mol. The van der Waals surface area contributed by atoms with Crippen LogP contribution in [0.25, 0.3) is 5.69 Å². The third-order valence-electron chi connectivity index (χ3n) is 2.53. The summed E-state index contributed by atoms with van der Waals surface area (Å²) in [5.74, 6) is -3.72. The summed E-state index contributed by atoms with van der Waals surface area (Å²) < 4.78 is 0.538. The molecule has 10 heteroatoms. The van der Waals surface area contributed by atoms with Crippen LogP contribution in [0.3, 0.4) is 0 Å². The minimum Gasteiger partial charge on any atom is -0.543 e. The number of hydrogen-bond donors (Lipinski definition) is 2. The number of carboxylic acids is 2. The van der Waals surface area contributed by atoms with Crippen molar-refractivity contribution in [2.45, 2.75) is 0 Å². The molecule has 110 valence electrons. The topological polar surface area (TPSA) is 164 Å². The third kappa shape index (κ3) is 3.52. The van der Waals surface area contributed by atoms with Crippen molar-refractivity contribution in [2.75, 3.05) is 0 Å². The van der Waals surface area contributed by atoms with Crippen molar-refractivity contribution in [1.82, 2.24) is 9.55 Å². The normalized spacial score (nSPS) is 9.27. The van der Waals surface area contributed by atoms with E-state index in [2.05, 4.69) is 0 Å². The van der Waals surface area contributed by atoms with Crippen LogP contribution in [0.5, 0.6) is 0 Å². The van der Waals surface area contributed by atoms with Gasteiger partial charge in [-0.1, -0.05) is 18.2 Å². The van der Waals surface area contributed by atoms with Crippen LogP contribution in [-0.2, 0) is 0 Å². The Morgan fingerprint density at radius 2 is 1.68 bits per heavy atom. The number of benzene rings is 1. The first-order valence-electron chi connectivity index (χ1n) is 5.33. The van der Waals surface area contributed by atoms with Crippen molar-refractivity contribution in [3.63, 3.8) is 0 Å². The number of carbonyl (C=O) groups is 2. The van der Waals surface area contributed by atoms with Crippen LogP contribution in [0.4, 0.5) is 0 Å². The molecule has 2 aromatic rings. The summed E-state index contributed by atoms with van der Waals surface area (Å²) in [7, 11) is 0. The van der Waals surface area contributed by atoms with Crippen LogP contribution in [0.1, 0.15) is 20.8 Å². The van der Waals surface area contributed by atoms with Crippen molar-refractivity contribution in [2.24, 2.45) is 0 Å². The van der Waals surface area contributed by atoms with Gasteiger partial charge in [-0.2, -0.15) is 0 Å². The summed E-state index contributed by atoms with van der Waals surface area (Å²) in [4.78, 5) is 47.4. The Morgan fingerprint density at radius 1 is 1.14 bits per heavy atom. The van der Waals surface area contributed by atoms with E-state index in [0.29, 0.717) is 4.57 Å². The van der Waals surface area contributed by atoms with Gasteiger partial charge in [0.05, 0.1) is 17.4 Å². The second kappa shape index (κ2) is 7.71. The van der Waals surface area contributed by atoms with E-state index in [1.54, 1.807) is 6.07 Å². The molecule has 1 aromatic carbocycles. The van der Waals surface area contributed by atoms with Crippen LogP contribution >= 0.6 is 0 Å². The van der Waals surface area contributed by atoms with Gasteiger partial charge in [0, 0.05) is 0 Å². The fourth-order valence-corrected chi connectivity index (χ4v) is 1.70. The molecular formula is C12H9N2NaO7. The van der Waals surface area contributed by atoms with Crippen LogP contribution in [-0.4, -0.2) is 32.1 Å². The molecule has 0 atom stereocenters. The summed E-state index contributed by atoms with van der Waals surface area (Å²) in [6.07, 6.45) is 0. The van der Waals surface area contributed by atoms with Gasteiger partial charge in [0.25, 0.3) is 5.56 Å². The molecular weight excluding hydrogens is 307 g/mol. The quantitative estimate of drug-likeness (QED) is 0.537. The minimum absolute atomic E-state index is 0. The number of para-hydroxylation sites is 1. The zero-order chi connectivity index (χ0) is 14.9. The molecule has 0 amide bonds. The second-order valence-corrected chi connectivity index (χ2v) is 3.75. The van der Waals surface area contributed by atoms with Gasteiger partial charge in [-0.3, -0.25) is 4.79 Å². The maximum atomic E-state index is 12.0. The fraction of sp³-hybridized carbons (Fsp3) is 0. The first-order chi connectivity index (χ1) is 9.43. The minimum atomic E-state index is -1.95. The maximum Gasteiger partial charge on any atom is 1.00 e. The molecule has 4 N–H and O–H groups in total. The van der Waals surface area contributed by atoms with E-state index in [1.165, 1.54) is 24.3 Å². The number of nitrogens with one attached hydrogen (secondary N) is 1. The Bertz CT molecular complexity index is 810. The van der Waals surface area contributed by atoms with Gasteiger partial charge in [-0.05, 0) is 12.1 Å². The van der Waals surface area contributed by atoms with E-state index in [4.69, 9.17) is 5.11 Å². The standard InChI is InChI=1S/C12H8N2O6.Na.H2O/c15-9-7(10(16)17)8(11(18)19)13-12(20)14(9)6-4-2-1-3-5-6;;/h1-5H,(H,13,20)(H,16,17)(H,18,19);;1H2/q;+1;/p-1. The van der Waals surface area contributed by atoms with E-state index < -0.39 is 34.4 Å². The van der Waals surface area contributed by atoms with Crippen molar-refractivity contribution < 1.29 is 54.8 Å². The smallest absolute Gasteiger partial charge is 0.543 e. The van der Waals surface area contributed by atoms with Gasteiger partial charge in [0.2, 0.25) is 0 Å². The van der Waals surface area contributed by atoms with Crippen molar-refractivity contribution in [1.29, 1.82) is 0 Å². The first-order valence-corrected chi connectivity index (χ1v) is 5.33. The van der Waals surface area contributed by atoms with Crippen LogP contribution < -0.4 is 45.9 Å². The van der Waals surface area contributed by atoms with Crippen molar-refractivity contribution >= 4 is 11.9 Å². The molecule has 0 aliphatic heterocycles. The van der Waals surface area contributed by atoms with Gasteiger partial charge < -0.3 is 25.5 Å². The SMILES string of the molecule is O.O=C([O-])c1[nH]c(=O)n(-c2ccccc2)c(=O)c1C(=O)O.[Na+]. The molecule has 0 saturated carbocycles. The molecule has 22 heavy (non-hydrogen) atoms. The van der Waals surface area contributed by atoms with E-state index in [0.717, 1.165) is 0 Å². The number of aromatic nitrogens is 2. The largest absolute Gasteiger partial charge is 1.00 e. The zero-order valence-electron chi connectivity index (χ0n) is 11.3. The molecule has 0 spiro atoms. The number of H-pyrrole nitrogens is 1. The van der Waals surface area contributed by atoms with Gasteiger partial charge in [0.15, 0.2) is 5.56 Å². The fourth-order valence-electron chi connectivity index (χ4n) is 1.70. The average Bonchev–Trinajstić information content (AvgIpc) is 2.38. The average molecular weight is 316 g/mol. The molecule has 1 aromatic heterocycles. The summed E-state index contributed by atoms with van der Waals surface area (Å²) in [5, 5.41) is 19.7. The number of carboxylic acid groups (broad SMARTS) is 2. The Hall–Kier alpha value is -2.20. The number of aromatic amines is 1. The van der Waals surface area contributed by atoms with Gasteiger partial charge in [-0.15, -0.1) is 0 Å². The van der Waals surface area contributed by atoms with Gasteiger partial charge >= 0.3 is 41.2 Å². The predicted molar refractivity (Wildman–Crippen MR) is 67.6 cm³/mol. The third-order valence-corrected chi connectivity index (χ3v) is 2.53. The molecule has 0 bridgehead atoms. The Kier molecular flexibility index (Phi) is 6.94. The van der Waals surface area contributed by atoms with Crippen LogP contribution in [0.2, 0.25) is 0 Å². The van der Waals surface area contributed by atoms with E-state index in [9.17, 15) is 24.3 Å². The molecule has 1 heterocycles. The molecule has 2 rings (SSSR count). The molecule has 0 saturated heterocycles. The summed E-state index contributed by atoms with van der Waals surface area (Å²) in [6.45, 7) is 0. The predicted octanol–water partition coefficient (Wildman–Crippen LogP) is -5.23. The molecule has 0 aliphatic carbocycles. The molecule has 0 unspecified atom stereocenters. The van der Waals surface area contributed by atoms with Gasteiger partial charge in [0.1, 0.15) is 0 Å². The number of aromatic carboxylic acids is 2. The van der Waals surface area contributed by atoms with Crippen LogP contribution in [0.15, 0.2) is 39.9 Å². The summed E-state index contributed by atoms with van der Waals surface area (Å²) in [5.41, 5.74) is -4.31. The van der Waals surface area contributed by atoms with Crippen molar-refractivity contribution in [3.05, 3.63) is 62.4 Å². The van der Waals surface area contributed by atoms with E-state index >= 15 is 0 Å². The first kappa shape index (κ1) is 19.8. The second-order valence-electron chi connectivity index (χ2n) is 3.75. The Balaban J connectivity index is 0.00000220. The number of hydrogen-bond acceptors (Lipinski definition) is 5. The summed E-state index contributed by atoms with van der Waals surface area (Å²) in [6, 6.07) is 7.51. The molecule has 9 nitrogen and oxygen atoms in total. The number of nitrogens with zero attached hydrogens (tertiary/aromatic N) is 1. The Labute approximate surface area is 144 Å². The van der Waals surface area contributed by atoms with Crippen molar-refractivity contribution in [3.8, 4) is 5.69 Å². The molecule has 0 aliphatic rings. The molecule has 0 radical (unpaired) electrons. The zero-order valence-corrected chi connectivity index (χ0v) is 13.3. The number of carbonyl (C=O) groups excluding carboxylic acids is 1. The van der Waals surface area contributed by atoms with Gasteiger partial charge in [-0.25, -0.2) is 14.2 Å². The maximum absolute atomic E-state index is 12.0. The summed E-state index contributed by atoms with van der Waals surface area (Å²) >= 11 is 0. The van der Waals surface area contributed by atoms with Crippen LogP contribution in [0, 0.1) is 0 Å². The molecule has 0 fully saturated rings. The van der Waals surface area contributed by atoms with E-state index in [-0.39, 0.29) is 40.7 Å². The number of rotatable bonds is 3.